The summed E-state index contributed by atoms with van der Waals surface area (Å²) in [5.41, 5.74) is 0. The lowest BCUT2D eigenvalue weighted by Crippen LogP contribution is -2.02. The number of aliphatic imine (C=N–C) groups is 2. The Morgan fingerprint density at radius 1 is 0.625 bits per heavy atom. The topological polar surface area (TPSA) is 24.7 Å². The highest BCUT2D eigenvalue weighted by Gasteiger charge is 2.23. The standard InChI is InChI=1S/C22H41N2/c1-3-4-5-6-7-8-9-10-11-12-13-14-15-16-17-18-21(2)22-23-19-20-24-22/h19-21H,3-18H2,1-2H3/q+1. The van der Waals surface area contributed by atoms with Crippen LogP contribution in [0.15, 0.2) is 9.98 Å². The van der Waals surface area contributed by atoms with E-state index in [0.717, 1.165) is 6.17 Å². The molecular formula is C22H41N2+. The fraction of sp³-hybridized carbons (Fsp3) is 0.864. The van der Waals surface area contributed by atoms with Crippen molar-refractivity contribution in [2.45, 2.75) is 117 Å². The van der Waals surface area contributed by atoms with E-state index in [4.69, 9.17) is 0 Å². The van der Waals surface area contributed by atoms with Crippen LogP contribution in [0, 0.1) is 12.1 Å². The molecule has 0 aliphatic carbocycles. The number of hydrogen-bond donors (Lipinski definition) is 0. The zero-order valence-electron chi connectivity index (χ0n) is 16.4. The summed E-state index contributed by atoms with van der Waals surface area (Å²) < 4.78 is 0. The number of rotatable bonds is 17. The minimum Gasteiger partial charge on any atom is -0.0965 e. The molecule has 2 nitrogen and oxygen atoms in total. The summed E-state index contributed by atoms with van der Waals surface area (Å²) >= 11 is 0. The summed E-state index contributed by atoms with van der Waals surface area (Å²) in [7, 11) is 0. The smallest absolute Gasteiger partial charge is 0.0965 e. The molecule has 1 unspecified atom stereocenters. The van der Waals surface area contributed by atoms with E-state index >= 15 is 0 Å². The van der Waals surface area contributed by atoms with Crippen molar-refractivity contribution in [1.29, 1.82) is 0 Å². The second-order valence-corrected chi connectivity index (χ2v) is 7.55. The number of nitrogens with zero attached hydrogens (tertiary/aromatic N) is 2. The number of hydrogen-bond acceptors (Lipinski definition) is 2. The van der Waals surface area contributed by atoms with Gasteiger partial charge in [-0.15, -0.1) is 0 Å². The van der Waals surface area contributed by atoms with Gasteiger partial charge in [-0.25, -0.2) is 0 Å². The van der Waals surface area contributed by atoms with E-state index < -0.39 is 0 Å². The van der Waals surface area contributed by atoms with Crippen LogP contribution in [-0.2, 0) is 0 Å². The Balaban J connectivity index is 1.72. The third-order valence-electron chi connectivity index (χ3n) is 5.16. The van der Waals surface area contributed by atoms with E-state index in [1.807, 2.05) is 0 Å². The highest BCUT2D eigenvalue weighted by Crippen LogP contribution is 2.24. The first-order chi connectivity index (χ1) is 11.8. The maximum absolute atomic E-state index is 4.29. The zero-order valence-corrected chi connectivity index (χ0v) is 16.4. The summed E-state index contributed by atoms with van der Waals surface area (Å²) in [5.74, 6) is 0.530. The second-order valence-electron chi connectivity index (χ2n) is 7.55. The van der Waals surface area contributed by atoms with Gasteiger partial charge in [-0.2, -0.15) is 0 Å². The predicted molar refractivity (Wildman–Crippen MR) is 109 cm³/mol. The van der Waals surface area contributed by atoms with Crippen LogP contribution < -0.4 is 0 Å². The minimum absolute atomic E-state index is 0.530. The Hall–Kier alpha value is -0.790. The van der Waals surface area contributed by atoms with Gasteiger partial charge in [-0.05, 0) is 13.3 Å². The summed E-state index contributed by atoms with van der Waals surface area (Å²) in [6, 6.07) is 0. The zero-order chi connectivity index (χ0) is 17.3. The fourth-order valence-electron chi connectivity index (χ4n) is 3.46. The van der Waals surface area contributed by atoms with Gasteiger partial charge in [-0.3, -0.25) is 0 Å². The first kappa shape index (κ1) is 21.3. The van der Waals surface area contributed by atoms with Crippen LogP contribution >= 0.6 is 0 Å². The van der Waals surface area contributed by atoms with Gasteiger partial charge in [-0.1, -0.05) is 113 Å². The molecule has 0 amide bonds. The molecule has 0 radical (unpaired) electrons. The lowest BCUT2D eigenvalue weighted by atomic mass is 9.99. The molecule has 1 rings (SSSR count). The summed E-state index contributed by atoms with van der Waals surface area (Å²) in [5, 5.41) is 0. The van der Waals surface area contributed by atoms with Gasteiger partial charge >= 0.3 is 0 Å². The molecule has 0 spiro atoms. The molecule has 0 aromatic rings. The average molecular weight is 334 g/mol. The van der Waals surface area contributed by atoms with Gasteiger partial charge in [0.1, 0.15) is 0 Å². The quantitative estimate of drug-likeness (QED) is 0.194. The van der Waals surface area contributed by atoms with Crippen molar-refractivity contribution < 1.29 is 0 Å². The molecule has 2 heteroatoms. The van der Waals surface area contributed by atoms with Crippen molar-refractivity contribution in [3.05, 3.63) is 6.17 Å². The summed E-state index contributed by atoms with van der Waals surface area (Å²) in [6.07, 6.45) is 27.3. The Labute approximate surface area is 151 Å². The summed E-state index contributed by atoms with van der Waals surface area (Å²) in [4.78, 5) is 8.59. The lowest BCUT2D eigenvalue weighted by molar-refractivity contribution is 0.483. The van der Waals surface area contributed by atoms with Gasteiger partial charge in [0.2, 0.25) is 6.17 Å². The van der Waals surface area contributed by atoms with Crippen molar-refractivity contribution in [3.8, 4) is 0 Å². The molecule has 1 atom stereocenters. The Morgan fingerprint density at radius 3 is 1.42 bits per heavy atom. The Morgan fingerprint density at radius 2 is 1.00 bits per heavy atom. The predicted octanol–water partition coefficient (Wildman–Crippen LogP) is 7.53. The van der Waals surface area contributed by atoms with Crippen LogP contribution in [0.5, 0.6) is 0 Å². The molecule has 1 aliphatic rings. The van der Waals surface area contributed by atoms with Crippen LogP contribution in [0.25, 0.3) is 0 Å². The molecule has 0 N–H and O–H groups in total. The van der Waals surface area contributed by atoms with Crippen LogP contribution in [0.4, 0.5) is 0 Å². The van der Waals surface area contributed by atoms with Gasteiger partial charge in [0.05, 0.1) is 5.92 Å². The minimum atomic E-state index is 0.530. The van der Waals surface area contributed by atoms with Crippen LogP contribution in [0.3, 0.4) is 0 Å². The van der Waals surface area contributed by atoms with E-state index in [0.29, 0.717) is 5.92 Å². The molecular weight excluding hydrogens is 292 g/mol. The third kappa shape index (κ3) is 11.7. The molecule has 0 fully saturated rings. The molecule has 0 bridgehead atoms. The van der Waals surface area contributed by atoms with E-state index in [2.05, 4.69) is 23.8 Å². The van der Waals surface area contributed by atoms with Crippen LogP contribution in [-0.4, -0.2) is 12.4 Å². The maximum atomic E-state index is 4.29. The van der Waals surface area contributed by atoms with Crippen molar-refractivity contribution in [2.75, 3.05) is 0 Å². The highest BCUT2D eigenvalue weighted by atomic mass is 15.0. The monoisotopic (exact) mass is 333 g/mol. The number of unbranched alkanes of at least 4 members (excludes halogenated alkanes) is 14. The molecule has 0 saturated heterocycles. The van der Waals surface area contributed by atoms with Crippen LogP contribution in [0.1, 0.15) is 117 Å². The first-order valence-electron chi connectivity index (χ1n) is 10.8. The van der Waals surface area contributed by atoms with Gasteiger partial charge in [0.25, 0.3) is 0 Å². The fourth-order valence-corrected chi connectivity index (χ4v) is 3.46. The van der Waals surface area contributed by atoms with E-state index in [-0.39, 0.29) is 0 Å². The van der Waals surface area contributed by atoms with Gasteiger partial charge in [0, 0.05) is 0 Å². The summed E-state index contributed by atoms with van der Waals surface area (Å²) in [6.45, 7) is 4.54. The van der Waals surface area contributed by atoms with Crippen molar-refractivity contribution in [3.63, 3.8) is 0 Å². The second kappa shape index (κ2) is 15.7. The van der Waals surface area contributed by atoms with E-state index in [1.165, 1.54) is 103 Å². The lowest BCUT2D eigenvalue weighted by Gasteiger charge is -2.08. The third-order valence-corrected chi connectivity index (χ3v) is 5.16. The van der Waals surface area contributed by atoms with Crippen molar-refractivity contribution in [2.24, 2.45) is 15.9 Å². The average Bonchev–Trinajstić information content (AvgIpc) is 3.13. The largest absolute Gasteiger partial charge is 0.243 e. The van der Waals surface area contributed by atoms with E-state index in [9.17, 15) is 0 Å². The molecule has 138 valence electrons. The highest BCUT2D eigenvalue weighted by molar-refractivity contribution is 6.18. The van der Waals surface area contributed by atoms with E-state index in [1.54, 1.807) is 12.4 Å². The normalized spacial score (nSPS) is 14.7. The molecule has 1 heterocycles. The van der Waals surface area contributed by atoms with Crippen LogP contribution in [0.2, 0.25) is 0 Å². The molecule has 1 aliphatic heterocycles. The molecule has 24 heavy (non-hydrogen) atoms. The first-order valence-corrected chi connectivity index (χ1v) is 10.8. The molecule has 0 saturated carbocycles. The molecule has 0 aromatic heterocycles. The van der Waals surface area contributed by atoms with Crippen molar-refractivity contribution >= 4 is 12.4 Å². The van der Waals surface area contributed by atoms with Crippen molar-refractivity contribution in [1.82, 2.24) is 0 Å². The Bertz CT molecular complexity index is 310. The molecule has 0 aromatic carbocycles. The van der Waals surface area contributed by atoms with Gasteiger partial charge < -0.3 is 0 Å². The maximum Gasteiger partial charge on any atom is 0.243 e. The Kier molecular flexibility index (Phi) is 13.9. The SMILES string of the molecule is CCCCCCCCCCCCCCCCCC(C)[C+]1N=CC=N1. The van der Waals surface area contributed by atoms with Gasteiger partial charge in [0.15, 0.2) is 12.4 Å².